The van der Waals surface area contributed by atoms with Crippen molar-refractivity contribution < 1.29 is 93.7 Å². The normalized spacial score (nSPS) is 10.8. The number of alkyl halides is 3. The third-order valence-electron chi connectivity index (χ3n) is 11.0. The van der Waals surface area contributed by atoms with Crippen molar-refractivity contribution in [1.29, 1.82) is 0 Å². The smallest absolute Gasteiger partial charge is 0.422 e. The van der Waals surface area contributed by atoms with Crippen LogP contribution in [0, 0.1) is 0 Å². The summed E-state index contributed by atoms with van der Waals surface area (Å²) in [6.07, 6.45) is 2.72. The van der Waals surface area contributed by atoms with Gasteiger partial charge < -0.3 is 47.4 Å². The first-order chi connectivity index (χ1) is 39.7. The minimum absolute atomic E-state index is 0.0194. The molecular weight excluding hydrogens is 1090 g/mol. The summed E-state index contributed by atoms with van der Waals surface area (Å²) in [5.74, 6) is -6.39. The molecule has 16 nitrogen and oxygen atoms in total. The molecule has 6 aromatic carbocycles. The van der Waals surface area contributed by atoms with Gasteiger partial charge in [0.25, 0.3) is 0 Å². The average Bonchev–Trinajstić information content (AvgIpc) is 3.51. The van der Waals surface area contributed by atoms with E-state index in [2.05, 4.69) is 13.2 Å². The molecular formula is C63H58F4O16. The Morgan fingerprint density at radius 1 is 0.458 bits per heavy atom. The summed E-state index contributed by atoms with van der Waals surface area (Å²) in [6, 6.07) is 35.3. The van der Waals surface area contributed by atoms with Gasteiger partial charge in [-0.15, -0.1) is 0 Å². The Bertz CT molecular complexity index is 3260. The molecule has 6 aromatic rings. The number of rotatable bonds is 26. The molecule has 0 aromatic heterocycles. The largest absolute Gasteiger partial charge is 0.497 e. The zero-order chi connectivity index (χ0) is 60.3. The number of carbonyl (C=O) groups excluding carboxylic acids is 6. The van der Waals surface area contributed by atoms with E-state index in [0.29, 0.717) is 48.9 Å². The molecule has 0 saturated heterocycles. The second-order valence-corrected chi connectivity index (χ2v) is 17.4. The quantitative estimate of drug-likeness (QED) is 0.0215. The lowest BCUT2D eigenvalue weighted by molar-refractivity contribution is -0.143. The summed E-state index contributed by atoms with van der Waals surface area (Å²) in [6.45, 7) is 10.8. The lowest BCUT2D eigenvalue weighted by atomic mass is 10.1. The summed E-state index contributed by atoms with van der Waals surface area (Å²) in [7, 11) is 3.06. The predicted octanol–water partition coefficient (Wildman–Crippen LogP) is 12.7. The summed E-state index contributed by atoms with van der Waals surface area (Å²) in [4.78, 5) is 73.6. The van der Waals surface area contributed by atoms with Crippen LogP contribution in [0.5, 0.6) is 57.5 Å². The third-order valence-corrected chi connectivity index (χ3v) is 11.0. The second-order valence-electron chi connectivity index (χ2n) is 17.4. The van der Waals surface area contributed by atoms with Crippen LogP contribution in [-0.4, -0.2) is 69.4 Å². The van der Waals surface area contributed by atoms with Gasteiger partial charge in [-0.25, -0.2) is 19.2 Å². The standard InChI is InChI=1S/C33H31FO8.C30H27F3O8/c1-4-20-38-26-12-6-24(7-13-26)10-18-31(35)40-28-16-17-29(30(22-28)42-33(37)23(3)34)41-32(36)19-11-25-8-14-27(15-9-25)39-21-5-2;1-19(30(31,32)33)29(36)41-26-18-24(39-27(34)16-8-20-4-10-22(37-2)11-5-20)14-15-25(26)40-28(35)17-9-21-6-12-23(38-3)13-7-21/h6-19,22H,3-5,20-21H2,1-2H3;4-7,10-15,18H,1,8-9,16-17H2,2-3H3/b18-10+,19-11+;. The Hall–Kier alpha value is -9.98. The first kappa shape index (κ1) is 63.8. The SMILES string of the molecule is C=C(C(=O)Oc1cc(OC(=O)CCc2ccc(OC)cc2)ccc1OC(=O)CCc1ccc(OC)cc1)C(F)(F)F.C=C(F)C(=O)Oc1cc(OC(=O)/C=C/c2ccc(OCCC)cc2)ccc1OC(=O)/C=C/c1ccc(OCCC)cc1. The number of ether oxygens (including phenoxy) is 10. The third kappa shape index (κ3) is 22.2. The Morgan fingerprint density at radius 3 is 1.27 bits per heavy atom. The molecule has 434 valence electrons. The van der Waals surface area contributed by atoms with Gasteiger partial charge in [-0.05, 0) is 133 Å². The maximum absolute atomic E-state index is 13.3. The summed E-state index contributed by atoms with van der Waals surface area (Å²) >= 11 is 0. The number of hydrogen-bond donors (Lipinski definition) is 0. The summed E-state index contributed by atoms with van der Waals surface area (Å²) in [5.41, 5.74) is 1.35. The van der Waals surface area contributed by atoms with E-state index in [4.69, 9.17) is 47.4 Å². The summed E-state index contributed by atoms with van der Waals surface area (Å²) in [5, 5.41) is 0. The molecule has 0 atom stereocenters. The molecule has 20 heteroatoms. The number of aryl methyl sites for hydroxylation is 2. The van der Waals surface area contributed by atoms with E-state index in [1.165, 1.54) is 50.6 Å². The molecule has 0 fully saturated rings. The highest BCUT2D eigenvalue weighted by Crippen LogP contribution is 2.36. The van der Waals surface area contributed by atoms with E-state index >= 15 is 0 Å². The number of benzene rings is 6. The average molecular weight is 1150 g/mol. The number of esters is 6. The molecule has 83 heavy (non-hydrogen) atoms. The molecule has 0 aliphatic rings. The van der Waals surface area contributed by atoms with Gasteiger partial charge in [0.05, 0.1) is 27.4 Å². The molecule has 0 saturated carbocycles. The fourth-order valence-corrected chi connectivity index (χ4v) is 6.71. The van der Waals surface area contributed by atoms with Gasteiger partial charge in [0.15, 0.2) is 23.0 Å². The highest BCUT2D eigenvalue weighted by Gasteiger charge is 2.38. The molecule has 0 aliphatic carbocycles. The van der Waals surface area contributed by atoms with Crippen molar-refractivity contribution in [3.05, 3.63) is 192 Å². The monoisotopic (exact) mass is 1150 g/mol. The van der Waals surface area contributed by atoms with E-state index in [1.807, 2.05) is 13.8 Å². The molecule has 6 rings (SSSR count). The van der Waals surface area contributed by atoms with Gasteiger partial charge in [0.1, 0.15) is 40.1 Å². The van der Waals surface area contributed by atoms with Gasteiger partial charge in [-0.2, -0.15) is 17.6 Å². The first-order valence-electron chi connectivity index (χ1n) is 25.5. The Balaban J connectivity index is 0.000000304. The second kappa shape index (κ2) is 32.3. The van der Waals surface area contributed by atoms with Crippen molar-refractivity contribution in [2.24, 2.45) is 0 Å². The van der Waals surface area contributed by atoms with Crippen LogP contribution in [0.3, 0.4) is 0 Å². The molecule has 0 unspecified atom stereocenters. The van der Waals surface area contributed by atoms with Crippen LogP contribution in [0.25, 0.3) is 12.2 Å². The predicted molar refractivity (Wildman–Crippen MR) is 297 cm³/mol. The fraction of sp³-hybridized carbons (Fsp3) is 0.206. The van der Waals surface area contributed by atoms with Crippen molar-refractivity contribution in [1.82, 2.24) is 0 Å². The van der Waals surface area contributed by atoms with Gasteiger partial charge in [-0.1, -0.05) is 75.5 Å². The van der Waals surface area contributed by atoms with Crippen LogP contribution >= 0.6 is 0 Å². The summed E-state index contributed by atoms with van der Waals surface area (Å²) < 4.78 is 104. The van der Waals surface area contributed by atoms with E-state index < -0.39 is 59.1 Å². The van der Waals surface area contributed by atoms with Gasteiger partial charge in [0, 0.05) is 37.1 Å². The molecule has 0 aliphatic heterocycles. The van der Waals surface area contributed by atoms with Crippen LogP contribution in [0.15, 0.2) is 170 Å². The lowest BCUT2D eigenvalue weighted by Crippen LogP contribution is -2.23. The molecule has 0 bridgehead atoms. The van der Waals surface area contributed by atoms with E-state index in [9.17, 15) is 46.3 Å². The fourth-order valence-electron chi connectivity index (χ4n) is 6.71. The van der Waals surface area contributed by atoms with Crippen molar-refractivity contribution in [3.8, 4) is 57.5 Å². The van der Waals surface area contributed by atoms with Crippen LogP contribution < -0.4 is 47.4 Å². The topological polar surface area (TPSA) is 195 Å². The van der Waals surface area contributed by atoms with E-state index in [1.54, 1.807) is 103 Å². The molecule has 0 amide bonds. The van der Waals surface area contributed by atoms with Gasteiger partial charge in [0.2, 0.25) is 5.83 Å². The number of halogens is 4. The van der Waals surface area contributed by atoms with Crippen LogP contribution in [-0.2, 0) is 41.6 Å². The minimum Gasteiger partial charge on any atom is -0.497 e. The lowest BCUT2D eigenvalue weighted by Gasteiger charge is -2.14. The van der Waals surface area contributed by atoms with Crippen LogP contribution in [0.1, 0.15) is 61.8 Å². The van der Waals surface area contributed by atoms with E-state index in [-0.39, 0.29) is 41.6 Å². The van der Waals surface area contributed by atoms with Crippen LogP contribution in [0.2, 0.25) is 0 Å². The van der Waals surface area contributed by atoms with E-state index in [0.717, 1.165) is 53.5 Å². The van der Waals surface area contributed by atoms with Crippen molar-refractivity contribution >= 4 is 48.0 Å². The molecule has 0 heterocycles. The van der Waals surface area contributed by atoms with Crippen molar-refractivity contribution in [2.75, 3.05) is 27.4 Å². The maximum Gasteiger partial charge on any atom is 0.422 e. The number of hydrogen-bond acceptors (Lipinski definition) is 16. The van der Waals surface area contributed by atoms with Crippen LogP contribution in [0.4, 0.5) is 17.6 Å². The van der Waals surface area contributed by atoms with Gasteiger partial charge in [-0.3, -0.25) is 9.59 Å². The molecule has 0 spiro atoms. The highest BCUT2D eigenvalue weighted by molar-refractivity contribution is 5.92. The maximum atomic E-state index is 13.3. The van der Waals surface area contributed by atoms with Crippen molar-refractivity contribution in [2.45, 2.75) is 58.5 Å². The Labute approximate surface area is 476 Å². The number of carbonyl (C=O) groups is 6. The Morgan fingerprint density at radius 2 is 0.843 bits per heavy atom. The van der Waals surface area contributed by atoms with Crippen molar-refractivity contribution in [3.63, 3.8) is 0 Å². The zero-order valence-corrected chi connectivity index (χ0v) is 45.6. The highest BCUT2D eigenvalue weighted by atomic mass is 19.4. The zero-order valence-electron chi connectivity index (χ0n) is 45.6. The molecule has 0 N–H and O–H groups in total. The first-order valence-corrected chi connectivity index (χ1v) is 25.5. The van der Waals surface area contributed by atoms with Gasteiger partial charge >= 0.3 is 42.0 Å². The Kier molecular flexibility index (Phi) is 24.9. The molecule has 0 radical (unpaired) electrons. The number of methoxy groups -OCH3 is 2. The minimum atomic E-state index is -5.04.